The lowest BCUT2D eigenvalue weighted by atomic mass is 9.56. The van der Waals surface area contributed by atoms with Gasteiger partial charge in [0, 0.05) is 31.1 Å². The third-order valence-electron chi connectivity index (χ3n) is 14.6. The molecule has 10 nitrogen and oxygen atoms in total. The van der Waals surface area contributed by atoms with E-state index in [1.54, 1.807) is 12.1 Å². The number of carbonyl (C=O) groups excluding carboxylic acids is 1. The maximum atomic E-state index is 13.9. The normalized spacial score (nSPS) is 53.4. The molecule has 17 atom stereocenters. The van der Waals surface area contributed by atoms with Crippen LogP contribution in [0.2, 0.25) is 0 Å². The molecular formula is C39H54O10. The number of rotatable bonds is 5. The fourth-order valence-corrected chi connectivity index (χ4v) is 11.9. The Kier molecular flexibility index (Phi) is 7.92. The van der Waals surface area contributed by atoms with Crippen LogP contribution in [0, 0.1) is 47.3 Å². The first-order chi connectivity index (χ1) is 23.5. The van der Waals surface area contributed by atoms with E-state index in [1.807, 2.05) is 32.0 Å². The zero-order valence-electron chi connectivity index (χ0n) is 29.8. The van der Waals surface area contributed by atoms with Crippen LogP contribution in [0.4, 0.5) is 0 Å². The van der Waals surface area contributed by atoms with Crippen LogP contribution >= 0.6 is 0 Å². The van der Waals surface area contributed by atoms with E-state index in [4.69, 9.17) is 43.2 Å². The van der Waals surface area contributed by atoms with Gasteiger partial charge in [0.2, 0.25) is 11.6 Å². The highest BCUT2D eigenvalue weighted by Gasteiger charge is 2.72. The molecule has 2 spiro atoms. The highest BCUT2D eigenvalue weighted by molar-refractivity contribution is 5.89. The molecule has 8 saturated heterocycles. The van der Waals surface area contributed by atoms with Crippen molar-refractivity contribution in [2.45, 2.75) is 153 Å². The molecule has 10 fully saturated rings. The van der Waals surface area contributed by atoms with E-state index < -0.39 is 47.6 Å². The van der Waals surface area contributed by atoms with E-state index in [-0.39, 0.29) is 47.6 Å². The molecule has 1 unspecified atom stereocenters. The summed E-state index contributed by atoms with van der Waals surface area (Å²) >= 11 is 0. The van der Waals surface area contributed by atoms with E-state index in [1.165, 1.54) is 0 Å². The summed E-state index contributed by atoms with van der Waals surface area (Å²) in [7, 11) is 0. The lowest BCUT2D eigenvalue weighted by molar-refractivity contribution is -0.573. The third-order valence-corrected chi connectivity index (χ3v) is 14.6. The first-order valence-electron chi connectivity index (χ1n) is 19.1. The minimum Gasteiger partial charge on any atom is -0.456 e. The molecule has 0 N–H and O–H groups in total. The van der Waals surface area contributed by atoms with Crippen LogP contribution in [0.25, 0.3) is 0 Å². The van der Waals surface area contributed by atoms with Gasteiger partial charge in [-0.15, -0.1) is 0 Å². The van der Waals surface area contributed by atoms with Crippen LogP contribution in [-0.4, -0.2) is 59.6 Å². The molecule has 2 aliphatic carbocycles. The Morgan fingerprint density at radius 2 is 1.27 bits per heavy atom. The monoisotopic (exact) mass is 682 g/mol. The molecule has 1 aromatic rings. The van der Waals surface area contributed by atoms with Gasteiger partial charge in [0.1, 0.15) is 12.2 Å². The molecule has 10 aliphatic rings. The molecule has 49 heavy (non-hydrogen) atoms. The summed E-state index contributed by atoms with van der Waals surface area (Å²) in [6.45, 7) is 13.0. The van der Waals surface area contributed by atoms with Crippen LogP contribution in [0.15, 0.2) is 30.3 Å². The Balaban J connectivity index is 1.06. The fraction of sp³-hybridized carbons (Fsp3) is 0.821. The van der Waals surface area contributed by atoms with Gasteiger partial charge in [0.15, 0.2) is 23.8 Å². The van der Waals surface area contributed by atoms with Gasteiger partial charge in [0.25, 0.3) is 0 Å². The third kappa shape index (κ3) is 4.91. The lowest BCUT2D eigenvalue weighted by Crippen LogP contribution is -2.72. The molecule has 8 heterocycles. The number of esters is 1. The predicted molar refractivity (Wildman–Crippen MR) is 174 cm³/mol. The summed E-state index contributed by atoms with van der Waals surface area (Å²) in [5.41, 5.74) is -0.849. The lowest BCUT2D eigenvalue weighted by Gasteiger charge is -2.62. The van der Waals surface area contributed by atoms with Crippen molar-refractivity contribution in [2.75, 3.05) is 0 Å². The van der Waals surface area contributed by atoms with Crippen LogP contribution in [-0.2, 0) is 43.2 Å². The largest absolute Gasteiger partial charge is 0.456 e. The molecule has 2 saturated carbocycles. The zero-order chi connectivity index (χ0) is 33.9. The number of carbonyl (C=O) groups is 1. The molecule has 270 valence electrons. The van der Waals surface area contributed by atoms with Crippen LogP contribution < -0.4 is 0 Å². The standard InChI is InChI=1S/C39H54O10/c1-21-12-14-28-23(3)30(42-34-38(28)26(21)16-18-36(5,44-34)46-48-38)20-31(41-33(40)25-10-8-7-9-11-25)32-24(4)29-15-13-22(2)27-17-19-37(6)45-35(43-32)39(27,29)49-47-37/h7-11,21-24,26-32,34-35H,12-20H2,1-6H3/t21-,22-,23-,24-,26+,27+,28+,29+,30-,31+,32?,34-,35-,36-,37-,38-,39-/m1/s1. The SMILES string of the molecule is C[C@H]1[C@@H](C[C@H](OC(=O)c2ccccc2)C2O[C@@H]3O[C@@]4(C)CC[C@H]5[C@H](C)CC[C@@H]([C@H]2C)[C@@]35OO4)O[C@@H]2O[C@@]3(C)CC[C@H]4[C@H](C)CC[C@@H]1[C@@]24OO3. The summed E-state index contributed by atoms with van der Waals surface area (Å²) < 4.78 is 34.1. The molecular weight excluding hydrogens is 628 g/mol. The fourth-order valence-electron chi connectivity index (χ4n) is 11.9. The first-order valence-corrected chi connectivity index (χ1v) is 19.1. The Morgan fingerprint density at radius 3 is 1.86 bits per heavy atom. The highest BCUT2D eigenvalue weighted by atomic mass is 17.3. The number of hydrogen-bond donors (Lipinski definition) is 0. The van der Waals surface area contributed by atoms with Gasteiger partial charge >= 0.3 is 5.97 Å². The summed E-state index contributed by atoms with van der Waals surface area (Å²) in [6.07, 6.45) is 5.57. The second-order valence-corrected chi connectivity index (χ2v) is 17.4. The van der Waals surface area contributed by atoms with Gasteiger partial charge in [-0.1, -0.05) is 45.9 Å². The van der Waals surface area contributed by atoms with Gasteiger partial charge in [-0.3, -0.25) is 0 Å². The molecule has 4 bridgehead atoms. The van der Waals surface area contributed by atoms with Crippen molar-refractivity contribution in [3.8, 4) is 0 Å². The van der Waals surface area contributed by atoms with E-state index in [0.29, 0.717) is 23.8 Å². The quantitative estimate of drug-likeness (QED) is 0.236. The maximum absolute atomic E-state index is 13.9. The second-order valence-electron chi connectivity index (χ2n) is 17.4. The highest BCUT2D eigenvalue weighted by Crippen LogP contribution is 2.63. The van der Waals surface area contributed by atoms with Crippen LogP contribution in [0.5, 0.6) is 0 Å². The Morgan fingerprint density at radius 1 is 0.714 bits per heavy atom. The topological polar surface area (TPSA) is 100 Å². The van der Waals surface area contributed by atoms with Crippen molar-refractivity contribution in [2.24, 2.45) is 47.3 Å². The van der Waals surface area contributed by atoms with E-state index in [0.717, 1.165) is 51.4 Å². The average Bonchev–Trinajstić information content (AvgIpc) is 3.46. The zero-order valence-corrected chi connectivity index (χ0v) is 29.8. The molecule has 8 aliphatic heterocycles. The molecule has 11 rings (SSSR count). The van der Waals surface area contributed by atoms with Crippen molar-refractivity contribution in [3.63, 3.8) is 0 Å². The Labute approximate surface area is 289 Å². The number of fused-ring (bicyclic) bond motifs is 4. The van der Waals surface area contributed by atoms with Gasteiger partial charge in [-0.25, -0.2) is 24.3 Å². The Hall–Kier alpha value is -1.63. The summed E-state index contributed by atoms with van der Waals surface area (Å²) in [5.74, 6) is -0.272. The van der Waals surface area contributed by atoms with Crippen molar-refractivity contribution < 1.29 is 48.0 Å². The number of hydrogen-bond acceptors (Lipinski definition) is 10. The smallest absolute Gasteiger partial charge is 0.338 e. The molecule has 0 aromatic heterocycles. The minimum absolute atomic E-state index is 0.000386. The molecule has 10 heteroatoms. The molecule has 0 radical (unpaired) electrons. The van der Waals surface area contributed by atoms with Crippen molar-refractivity contribution in [3.05, 3.63) is 35.9 Å². The van der Waals surface area contributed by atoms with Crippen molar-refractivity contribution in [1.29, 1.82) is 0 Å². The second kappa shape index (κ2) is 11.7. The predicted octanol–water partition coefficient (Wildman–Crippen LogP) is 7.10. The Bertz CT molecular complexity index is 1430. The van der Waals surface area contributed by atoms with Crippen molar-refractivity contribution in [1.82, 2.24) is 0 Å². The summed E-state index contributed by atoms with van der Waals surface area (Å²) in [5, 5.41) is 0. The van der Waals surface area contributed by atoms with Crippen LogP contribution in [0.3, 0.4) is 0 Å². The summed E-state index contributed by atoms with van der Waals surface area (Å²) in [6, 6.07) is 9.22. The van der Waals surface area contributed by atoms with Gasteiger partial charge in [0.05, 0.1) is 11.7 Å². The average molecular weight is 683 g/mol. The summed E-state index contributed by atoms with van der Waals surface area (Å²) in [4.78, 5) is 38.9. The molecule has 0 amide bonds. The van der Waals surface area contributed by atoms with Gasteiger partial charge in [-0.2, -0.15) is 0 Å². The van der Waals surface area contributed by atoms with E-state index in [9.17, 15) is 4.79 Å². The maximum Gasteiger partial charge on any atom is 0.338 e. The molecule has 1 aromatic carbocycles. The van der Waals surface area contributed by atoms with Gasteiger partial charge in [-0.05, 0) is 100 Å². The van der Waals surface area contributed by atoms with E-state index >= 15 is 0 Å². The van der Waals surface area contributed by atoms with Crippen LogP contribution in [0.1, 0.15) is 110 Å². The first kappa shape index (κ1) is 33.2. The van der Waals surface area contributed by atoms with Gasteiger partial charge < -0.3 is 23.7 Å². The number of benzene rings is 1. The van der Waals surface area contributed by atoms with Crippen molar-refractivity contribution >= 4 is 5.97 Å². The number of ether oxygens (including phenoxy) is 5. The minimum atomic E-state index is -0.892. The van der Waals surface area contributed by atoms with E-state index in [2.05, 4.69) is 27.7 Å².